The number of rotatable bonds is 9. The van der Waals surface area contributed by atoms with Crippen molar-refractivity contribution in [2.24, 2.45) is 5.73 Å². The largest absolute Gasteiger partial charge is 0.392 e. The van der Waals surface area contributed by atoms with E-state index in [1.165, 1.54) is 15.8 Å². The van der Waals surface area contributed by atoms with Gasteiger partial charge in [0, 0.05) is 43.2 Å². The van der Waals surface area contributed by atoms with Gasteiger partial charge in [-0.2, -0.15) is 5.10 Å². The number of hydrogen-bond donors (Lipinski definition) is 4. The van der Waals surface area contributed by atoms with Crippen LogP contribution in [0.3, 0.4) is 0 Å². The third kappa shape index (κ3) is 5.88. The Bertz CT molecular complexity index is 1040. The van der Waals surface area contributed by atoms with Gasteiger partial charge in [-0.3, -0.25) is 19.9 Å². The van der Waals surface area contributed by atoms with Gasteiger partial charge in [-0.25, -0.2) is 9.67 Å². The standard InChI is InChI=1S/C22H30N8O2/c1-6-10-29(22(32)14(2)3)20(24)18(12-25-5)28-21(31)17-8-7-9-19(27-17)30-13-16(11-26-30)15(4)23/h7-9,11-13,15,24-25H,2,6,10,23H2,1,3-5H3,(H,28,31)/b18-12+,24-20?. The molecule has 0 aliphatic heterocycles. The van der Waals surface area contributed by atoms with Gasteiger partial charge in [-0.1, -0.05) is 19.6 Å². The molecule has 1 atom stereocenters. The second-order valence-corrected chi connectivity index (χ2v) is 7.27. The quantitative estimate of drug-likeness (QED) is 0.267. The Hall–Kier alpha value is -3.79. The van der Waals surface area contributed by atoms with Crippen LogP contribution < -0.4 is 16.4 Å². The molecule has 0 bridgehead atoms. The third-order valence-corrected chi connectivity index (χ3v) is 4.45. The molecule has 0 aliphatic carbocycles. The molecule has 0 saturated heterocycles. The first-order chi connectivity index (χ1) is 15.2. The lowest BCUT2D eigenvalue weighted by atomic mass is 10.2. The van der Waals surface area contributed by atoms with Crippen LogP contribution in [0.1, 0.15) is 49.3 Å². The number of amidine groups is 1. The molecule has 0 aromatic carbocycles. The number of hydrogen-bond acceptors (Lipinski definition) is 7. The van der Waals surface area contributed by atoms with E-state index in [1.54, 1.807) is 44.6 Å². The lowest BCUT2D eigenvalue weighted by Crippen LogP contribution is -2.43. The van der Waals surface area contributed by atoms with Gasteiger partial charge in [0.15, 0.2) is 11.7 Å². The highest BCUT2D eigenvalue weighted by Gasteiger charge is 2.23. The summed E-state index contributed by atoms with van der Waals surface area (Å²) in [6, 6.07) is 4.78. The molecule has 10 heteroatoms. The molecular weight excluding hydrogens is 408 g/mol. The maximum atomic E-state index is 12.9. The first-order valence-corrected chi connectivity index (χ1v) is 10.2. The van der Waals surface area contributed by atoms with Gasteiger partial charge in [0.25, 0.3) is 11.8 Å². The number of carbonyl (C=O) groups excluding carboxylic acids is 2. The molecular formula is C22H30N8O2. The minimum absolute atomic E-state index is 0.128. The van der Waals surface area contributed by atoms with E-state index >= 15 is 0 Å². The summed E-state index contributed by atoms with van der Waals surface area (Å²) in [6.45, 7) is 9.32. The van der Waals surface area contributed by atoms with Crippen molar-refractivity contribution in [2.45, 2.75) is 33.2 Å². The Morgan fingerprint density at radius 3 is 2.69 bits per heavy atom. The first kappa shape index (κ1) is 24.5. The van der Waals surface area contributed by atoms with E-state index in [1.807, 2.05) is 13.8 Å². The number of nitrogens with zero attached hydrogens (tertiary/aromatic N) is 4. The van der Waals surface area contributed by atoms with Crippen LogP contribution in [0.4, 0.5) is 0 Å². The molecule has 2 amide bonds. The van der Waals surface area contributed by atoms with Gasteiger partial charge in [0.05, 0.1) is 11.9 Å². The van der Waals surface area contributed by atoms with E-state index in [0.29, 0.717) is 24.4 Å². The molecule has 0 fully saturated rings. The molecule has 0 saturated carbocycles. The summed E-state index contributed by atoms with van der Waals surface area (Å²) in [5.74, 6) is -0.607. The molecule has 2 heterocycles. The highest BCUT2D eigenvalue weighted by Crippen LogP contribution is 2.12. The van der Waals surface area contributed by atoms with Crippen molar-refractivity contribution in [3.8, 4) is 5.82 Å². The Morgan fingerprint density at radius 2 is 2.12 bits per heavy atom. The minimum Gasteiger partial charge on any atom is -0.392 e. The summed E-state index contributed by atoms with van der Waals surface area (Å²) in [6.07, 6.45) is 5.48. The summed E-state index contributed by atoms with van der Waals surface area (Å²) in [4.78, 5) is 31.0. The summed E-state index contributed by atoms with van der Waals surface area (Å²) < 4.78 is 1.54. The van der Waals surface area contributed by atoms with Gasteiger partial charge in [-0.05, 0) is 32.4 Å². The predicted molar refractivity (Wildman–Crippen MR) is 123 cm³/mol. The minimum atomic E-state index is -0.531. The van der Waals surface area contributed by atoms with Gasteiger partial charge in [-0.15, -0.1) is 0 Å². The van der Waals surface area contributed by atoms with Crippen molar-refractivity contribution >= 4 is 17.6 Å². The van der Waals surface area contributed by atoms with Crippen LogP contribution in [0.5, 0.6) is 0 Å². The maximum Gasteiger partial charge on any atom is 0.274 e. The van der Waals surface area contributed by atoms with Crippen LogP contribution in [-0.2, 0) is 4.79 Å². The van der Waals surface area contributed by atoms with Crippen molar-refractivity contribution in [1.29, 1.82) is 5.41 Å². The van der Waals surface area contributed by atoms with Crippen molar-refractivity contribution in [3.63, 3.8) is 0 Å². The highest BCUT2D eigenvalue weighted by atomic mass is 16.2. The zero-order chi connectivity index (χ0) is 23.8. The van der Waals surface area contributed by atoms with Crippen molar-refractivity contribution in [1.82, 2.24) is 30.3 Å². The zero-order valence-electron chi connectivity index (χ0n) is 18.8. The number of amides is 2. The monoisotopic (exact) mass is 438 g/mol. The van der Waals surface area contributed by atoms with Crippen molar-refractivity contribution in [2.75, 3.05) is 13.6 Å². The number of nitrogens with one attached hydrogen (secondary N) is 3. The van der Waals surface area contributed by atoms with Crippen molar-refractivity contribution in [3.05, 3.63) is 65.9 Å². The first-order valence-electron chi connectivity index (χ1n) is 10.2. The van der Waals surface area contributed by atoms with Gasteiger partial charge in [0.2, 0.25) is 0 Å². The lowest BCUT2D eigenvalue weighted by Gasteiger charge is -2.24. The van der Waals surface area contributed by atoms with Crippen LogP contribution in [0, 0.1) is 5.41 Å². The second kappa shape index (κ2) is 11.0. The van der Waals surface area contributed by atoms with Gasteiger partial charge in [0.1, 0.15) is 5.69 Å². The van der Waals surface area contributed by atoms with Crippen molar-refractivity contribution < 1.29 is 9.59 Å². The van der Waals surface area contributed by atoms with E-state index in [0.717, 1.165) is 5.56 Å². The topological polar surface area (TPSA) is 142 Å². The Kier molecular flexibility index (Phi) is 8.42. The normalized spacial score (nSPS) is 12.1. The molecule has 5 N–H and O–H groups in total. The number of carbonyl (C=O) groups is 2. The molecule has 2 rings (SSSR count). The smallest absolute Gasteiger partial charge is 0.274 e. The molecule has 0 aliphatic rings. The van der Waals surface area contributed by atoms with E-state index in [-0.39, 0.29) is 29.2 Å². The van der Waals surface area contributed by atoms with Crippen LogP contribution in [0.25, 0.3) is 5.82 Å². The van der Waals surface area contributed by atoms with E-state index in [2.05, 4.69) is 27.3 Å². The van der Waals surface area contributed by atoms with Crippen LogP contribution in [0.15, 0.2) is 54.6 Å². The molecule has 170 valence electrons. The summed E-state index contributed by atoms with van der Waals surface area (Å²) in [5, 5.41) is 18.2. The SMILES string of the molecule is C=C(C)C(=O)N(CCC)C(=N)/C(=C\NC)NC(=O)c1cccc(-n2cc(C(C)N)cn2)n1. The lowest BCUT2D eigenvalue weighted by molar-refractivity contribution is -0.123. The molecule has 0 radical (unpaired) electrons. The fourth-order valence-corrected chi connectivity index (χ4v) is 2.78. The zero-order valence-corrected chi connectivity index (χ0v) is 18.8. The summed E-state index contributed by atoms with van der Waals surface area (Å²) in [7, 11) is 1.64. The number of pyridine rings is 1. The van der Waals surface area contributed by atoms with E-state index < -0.39 is 5.91 Å². The van der Waals surface area contributed by atoms with Gasteiger partial charge >= 0.3 is 0 Å². The fraction of sp³-hybridized carbons (Fsp3) is 0.318. The molecule has 1 unspecified atom stereocenters. The maximum absolute atomic E-state index is 12.9. The molecule has 0 spiro atoms. The summed E-state index contributed by atoms with van der Waals surface area (Å²) in [5.41, 5.74) is 7.28. The predicted octanol–water partition coefficient (Wildman–Crippen LogP) is 1.87. The summed E-state index contributed by atoms with van der Waals surface area (Å²) >= 11 is 0. The Morgan fingerprint density at radius 1 is 1.41 bits per heavy atom. The number of aromatic nitrogens is 3. The molecule has 32 heavy (non-hydrogen) atoms. The fourth-order valence-electron chi connectivity index (χ4n) is 2.78. The molecule has 2 aromatic heterocycles. The van der Waals surface area contributed by atoms with Crippen LogP contribution in [0.2, 0.25) is 0 Å². The van der Waals surface area contributed by atoms with Gasteiger partial charge < -0.3 is 16.4 Å². The average Bonchev–Trinajstić information content (AvgIpc) is 3.27. The van der Waals surface area contributed by atoms with E-state index in [4.69, 9.17) is 11.1 Å². The second-order valence-electron chi connectivity index (χ2n) is 7.27. The number of nitrogens with two attached hydrogens (primary N) is 1. The third-order valence-electron chi connectivity index (χ3n) is 4.45. The average molecular weight is 439 g/mol. The van der Waals surface area contributed by atoms with E-state index in [9.17, 15) is 9.59 Å². The Balaban J connectivity index is 2.27. The molecule has 10 nitrogen and oxygen atoms in total. The van der Waals surface area contributed by atoms with Crippen LogP contribution in [-0.4, -0.2) is 50.9 Å². The van der Waals surface area contributed by atoms with Crippen LogP contribution >= 0.6 is 0 Å². The Labute approximate surface area is 187 Å². The highest BCUT2D eigenvalue weighted by molar-refractivity contribution is 6.12. The molecule has 2 aromatic rings.